The molecule has 0 N–H and O–H groups in total. The van der Waals surface area contributed by atoms with E-state index in [1.807, 2.05) is 20.8 Å². The zero-order valence-electron chi connectivity index (χ0n) is 9.20. The van der Waals surface area contributed by atoms with Crippen molar-refractivity contribution < 1.29 is 19.0 Å². The van der Waals surface area contributed by atoms with E-state index in [0.717, 1.165) is 6.42 Å². The van der Waals surface area contributed by atoms with Crippen LogP contribution in [-0.2, 0) is 19.0 Å². The van der Waals surface area contributed by atoms with Crippen LogP contribution in [0.1, 0.15) is 27.2 Å². The summed E-state index contributed by atoms with van der Waals surface area (Å²) in [5, 5.41) is 0. The molecule has 0 amide bonds. The van der Waals surface area contributed by atoms with Gasteiger partial charge in [-0.2, -0.15) is 0 Å². The van der Waals surface area contributed by atoms with Gasteiger partial charge < -0.3 is 14.2 Å². The Hall–Kier alpha value is -0.610. The summed E-state index contributed by atoms with van der Waals surface area (Å²) in [6.07, 6.45) is 0.126. The highest BCUT2D eigenvalue weighted by atomic mass is 16.7. The van der Waals surface area contributed by atoms with E-state index >= 15 is 0 Å². The molecule has 0 aliphatic carbocycles. The van der Waals surface area contributed by atoms with Crippen molar-refractivity contribution in [2.24, 2.45) is 5.41 Å². The topological polar surface area (TPSA) is 44.8 Å². The monoisotopic (exact) mass is 202 g/mol. The Kier molecular flexibility index (Phi) is 3.50. The smallest absolute Gasteiger partial charge is 0.313 e. The fourth-order valence-electron chi connectivity index (χ4n) is 0.952. The van der Waals surface area contributed by atoms with Crippen LogP contribution in [0.2, 0.25) is 0 Å². The van der Waals surface area contributed by atoms with Crippen molar-refractivity contribution in [3.63, 3.8) is 0 Å². The van der Waals surface area contributed by atoms with Crippen molar-refractivity contribution in [1.29, 1.82) is 0 Å². The van der Waals surface area contributed by atoms with Gasteiger partial charge in [0.2, 0.25) is 6.29 Å². The van der Waals surface area contributed by atoms with Gasteiger partial charge in [0, 0.05) is 7.11 Å². The molecule has 14 heavy (non-hydrogen) atoms. The maximum atomic E-state index is 11.6. The van der Waals surface area contributed by atoms with E-state index in [1.54, 1.807) is 7.11 Å². The van der Waals surface area contributed by atoms with Gasteiger partial charge >= 0.3 is 5.97 Å². The fourth-order valence-corrected chi connectivity index (χ4v) is 0.952. The lowest BCUT2D eigenvalue weighted by atomic mass is 9.91. The predicted molar refractivity (Wildman–Crippen MR) is 50.7 cm³/mol. The van der Waals surface area contributed by atoms with Gasteiger partial charge in [0.1, 0.15) is 6.10 Å². The minimum Gasteiger partial charge on any atom is -0.432 e. The highest BCUT2D eigenvalue weighted by molar-refractivity contribution is 5.75. The lowest BCUT2D eigenvalue weighted by Gasteiger charge is -2.36. The summed E-state index contributed by atoms with van der Waals surface area (Å²) < 4.78 is 15.3. The second-order valence-corrected chi connectivity index (χ2v) is 4.12. The third kappa shape index (κ3) is 2.25. The minimum absolute atomic E-state index is 0.105. The number of hydrogen-bond acceptors (Lipinski definition) is 4. The van der Waals surface area contributed by atoms with Crippen LogP contribution in [0.25, 0.3) is 0 Å². The van der Waals surface area contributed by atoms with E-state index in [0.29, 0.717) is 6.61 Å². The van der Waals surface area contributed by atoms with E-state index in [4.69, 9.17) is 14.2 Å². The summed E-state index contributed by atoms with van der Waals surface area (Å²) >= 11 is 0. The van der Waals surface area contributed by atoms with Gasteiger partial charge in [0.05, 0.1) is 12.0 Å². The standard InChI is InChI=1S/C10H18O4/c1-5-10(2,3)9(11)14-8-7(12-4)6-13-8/h7-8H,5-6H2,1-4H3. The third-order valence-electron chi connectivity index (χ3n) is 2.69. The molecule has 0 spiro atoms. The van der Waals surface area contributed by atoms with Gasteiger partial charge in [-0.15, -0.1) is 0 Å². The molecule has 1 aliphatic heterocycles. The highest BCUT2D eigenvalue weighted by Gasteiger charge is 2.39. The number of esters is 1. The molecule has 1 heterocycles. The molecule has 4 nitrogen and oxygen atoms in total. The second-order valence-electron chi connectivity index (χ2n) is 4.12. The van der Waals surface area contributed by atoms with Crippen LogP contribution in [0, 0.1) is 5.41 Å². The molecule has 0 aromatic carbocycles. The summed E-state index contributed by atoms with van der Waals surface area (Å²) in [4.78, 5) is 11.6. The maximum Gasteiger partial charge on any atom is 0.313 e. The fraction of sp³-hybridized carbons (Fsp3) is 0.900. The molecule has 0 bridgehead atoms. The normalized spacial score (nSPS) is 26.9. The average molecular weight is 202 g/mol. The lowest BCUT2D eigenvalue weighted by Crippen LogP contribution is -2.50. The van der Waals surface area contributed by atoms with Crippen molar-refractivity contribution in [2.45, 2.75) is 39.6 Å². The molecule has 1 rings (SSSR count). The van der Waals surface area contributed by atoms with Gasteiger partial charge in [-0.1, -0.05) is 6.92 Å². The quantitative estimate of drug-likeness (QED) is 0.645. The van der Waals surface area contributed by atoms with Crippen LogP contribution in [0.5, 0.6) is 0 Å². The van der Waals surface area contributed by atoms with Crippen LogP contribution in [0.15, 0.2) is 0 Å². The van der Waals surface area contributed by atoms with Crippen LogP contribution in [0.4, 0.5) is 0 Å². The second kappa shape index (κ2) is 4.28. The first-order chi connectivity index (χ1) is 6.51. The van der Waals surface area contributed by atoms with Crippen LogP contribution >= 0.6 is 0 Å². The molecular formula is C10H18O4. The molecule has 0 saturated carbocycles. The summed E-state index contributed by atoms with van der Waals surface area (Å²) in [5.74, 6) is -0.230. The Morgan fingerprint density at radius 3 is 2.57 bits per heavy atom. The zero-order valence-corrected chi connectivity index (χ0v) is 9.20. The number of carbonyl (C=O) groups excluding carboxylic acids is 1. The van der Waals surface area contributed by atoms with E-state index in [-0.39, 0.29) is 12.1 Å². The number of methoxy groups -OCH3 is 1. The van der Waals surface area contributed by atoms with Gasteiger partial charge in [0.15, 0.2) is 0 Å². The molecule has 2 unspecified atom stereocenters. The van der Waals surface area contributed by atoms with Crippen molar-refractivity contribution in [3.05, 3.63) is 0 Å². The molecule has 2 atom stereocenters. The SMILES string of the molecule is CCC(C)(C)C(=O)OC1OCC1OC. The third-order valence-corrected chi connectivity index (χ3v) is 2.69. The van der Waals surface area contributed by atoms with Gasteiger partial charge in [-0.3, -0.25) is 4.79 Å². The minimum atomic E-state index is -0.515. The summed E-state index contributed by atoms with van der Waals surface area (Å²) in [6.45, 7) is 6.17. The van der Waals surface area contributed by atoms with E-state index in [2.05, 4.69) is 0 Å². The van der Waals surface area contributed by atoms with Crippen LogP contribution in [0.3, 0.4) is 0 Å². The lowest BCUT2D eigenvalue weighted by molar-refractivity contribution is -0.282. The number of rotatable bonds is 4. The molecule has 0 aromatic heterocycles. The molecule has 1 saturated heterocycles. The van der Waals surface area contributed by atoms with Crippen molar-refractivity contribution in [2.75, 3.05) is 13.7 Å². The van der Waals surface area contributed by atoms with Crippen LogP contribution < -0.4 is 0 Å². The van der Waals surface area contributed by atoms with Gasteiger partial charge in [0.25, 0.3) is 0 Å². The summed E-state index contributed by atoms with van der Waals surface area (Å²) in [5.41, 5.74) is -0.447. The Morgan fingerprint density at radius 1 is 1.57 bits per heavy atom. The van der Waals surface area contributed by atoms with Gasteiger partial charge in [-0.05, 0) is 20.3 Å². The summed E-state index contributed by atoms with van der Waals surface area (Å²) in [7, 11) is 1.58. The zero-order chi connectivity index (χ0) is 10.8. The molecule has 4 heteroatoms. The molecule has 0 aromatic rings. The van der Waals surface area contributed by atoms with Crippen molar-refractivity contribution in [1.82, 2.24) is 0 Å². The molecule has 0 radical (unpaired) electrons. The van der Waals surface area contributed by atoms with E-state index < -0.39 is 11.7 Å². The largest absolute Gasteiger partial charge is 0.432 e. The Labute approximate surface area is 84.5 Å². The number of ether oxygens (including phenoxy) is 3. The molecule has 82 valence electrons. The number of hydrogen-bond donors (Lipinski definition) is 0. The van der Waals surface area contributed by atoms with Crippen molar-refractivity contribution in [3.8, 4) is 0 Å². The summed E-state index contributed by atoms with van der Waals surface area (Å²) in [6, 6.07) is 0. The first kappa shape index (κ1) is 11.5. The van der Waals surface area contributed by atoms with Crippen LogP contribution in [-0.4, -0.2) is 32.1 Å². The first-order valence-electron chi connectivity index (χ1n) is 4.86. The average Bonchev–Trinajstić information content (AvgIpc) is 2.12. The Bertz CT molecular complexity index is 210. The number of carbonyl (C=O) groups is 1. The molecule has 1 fully saturated rings. The predicted octanol–water partition coefficient (Wildman–Crippen LogP) is 1.34. The maximum absolute atomic E-state index is 11.6. The van der Waals surface area contributed by atoms with Crippen molar-refractivity contribution >= 4 is 5.97 Å². The Balaban J connectivity index is 2.41. The first-order valence-corrected chi connectivity index (χ1v) is 4.86. The highest BCUT2D eigenvalue weighted by Crippen LogP contribution is 2.25. The van der Waals surface area contributed by atoms with Gasteiger partial charge in [-0.25, -0.2) is 0 Å². The molecular weight excluding hydrogens is 184 g/mol. The molecule has 1 aliphatic rings. The van der Waals surface area contributed by atoms with E-state index in [1.165, 1.54) is 0 Å². The Morgan fingerprint density at radius 2 is 2.21 bits per heavy atom. The van der Waals surface area contributed by atoms with E-state index in [9.17, 15) is 4.79 Å².